The Bertz CT molecular complexity index is 466. The average Bonchev–Trinajstić information content (AvgIpc) is 2.35. The van der Waals surface area contributed by atoms with E-state index in [4.69, 9.17) is 0 Å². The summed E-state index contributed by atoms with van der Waals surface area (Å²) in [6.07, 6.45) is -19.4. The quantitative estimate of drug-likeness (QED) is 0.399. The molecule has 0 aromatic carbocycles. The molecule has 0 saturated heterocycles. The molecule has 0 bridgehead atoms. The molecule has 0 aromatic rings. The summed E-state index contributed by atoms with van der Waals surface area (Å²) in [5.74, 6) is -24.8. The van der Waals surface area contributed by atoms with Gasteiger partial charge in [-0.15, -0.1) is 0 Å². The summed E-state index contributed by atoms with van der Waals surface area (Å²) in [6.45, 7) is 2.45. The number of esters is 1. The molecule has 0 aromatic heterocycles. The zero-order valence-corrected chi connectivity index (χ0v) is 10.2. The summed E-state index contributed by atoms with van der Waals surface area (Å²) in [4.78, 5) is 10.3. The minimum Gasteiger partial charge on any atom is -0.395 e. The number of hydrogen-bond donors (Lipinski definition) is 0. The molecule has 2 nitrogen and oxygen atoms in total. The molecule has 0 amide bonds. The maximum atomic E-state index is 12.9. The van der Waals surface area contributed by atoms with Gasteiger partial charge in [0.1, 0.15) is 0 Å². The van der Waals surface area contributed by atoms with Crippen LogP contribution < -0.4 is 0 Å². The molecule has 0 aliphatic heterocycles. The highest BCUT2D eigenvalue weighted by Crippen LogP contribution is 2.56. The summed E-state index contributed by atoms with van der Waals surface area (Å²) < 4.78 is 152. The van der Waals surface area contributed by atoms with Gasteiger partial charge in [0.15, 0.2) is 0 Å². The zero-order chi connectivity index (χ0) is 19.1. The molecule has 136 valence electrons. The molecule has 0 radical (unpaired) electrons. The molecule has 23 heavy (non-hydrogen) atoms. The van der Waals surface area contributed by atoms with E-state index in [1.165, 1.54) is 0 Å². The first-order valence-corrected chi connectivity index (χ1v) is 4.93. The fourth-order valence-electron chi connectivity index (χ4n) is 0.985. The van der Waals surface area contributed by atoms with Crippen molar-refractivity contribution < 1.29 is 62.2 Å². The van der Waals surface area contributed by atoms with E-state index in [1.54, 1.807) is 0 Å². The van der Waals surface area contributed by atoms with E-state index in [0.29, 0.717) is 0 Å². The largest absolute Gasteiger partial charge is 0.460 e. The van der Waals surface area contributed by atoms with Crippen LogP contribution in [0.1, 0.15) is 0 Å². The van der Waals surface area contributed by atoms with Crippen LogP contribution in [0.5, 0.6) is 0 Å². The number of carbonyl (C=O) groups excluding carboxylic acids is 1. The summed E-state index contributed by atoms with van der Waals surface area (Å²) >= 11 is 0. The maximum absolute atomic E-state index is 12.9. The van der Waals surface area contributed by atoms with Gasteiger partial charge in [-0.2, -0.15) is 48.3 Å². The third kappa shape index (κ3) is 3.49. The Morgan fingerprint density at radius 1 is 0.870 bits per heavy atom. The minimum absolute atomic E-state index is 0.165. The van der Waals surface area contributed by atoms with E-state index < -0.39 is 42.2 Å². The lowest BCUT2D eigenvalue weighted by atomic mass is 9.99. The van der Waals surface area contributed by atoms with Crippen molar-refractivity contribution in [3.63, 3.8) is 0 Å². The van der Waals surface area contributed by atoms with Crippen molar-refractivity contribution in [2.75, 3.05) is 0 Å². The van der Waals surface area contributed by atoms with Gasteiger partial charge in [0.2, 0.25) is 0 Å². The number of rotatable bonds is 6. The molecule has 1 unspecified atom stereocenters. The molecule has 0 spiro atoms. The summed E-state index contributed by atoms with van der Waals surface area (Å²) in [7, 11) is 0. The number of alkyl halides is 12. The molecule has 0 fully saturated rings. The molecule has 0 aliphatic rings. The molecule has 1 atom stereocenters. The molecular weight excluding hydrogens is 368 g/mol. The number of carbonyl (C=O) groups is 1. The van der Waals surface area contributed by atoms with Gasteiger partial charge in [-0.25, -0.2) is 9.18 Å². The van der Waals surface area contributed by atoms with E-state index >= 15 is 0 Å². The van der Waals surface area contributed by atoms with Crippen LogP contribution in [-0.2, 0) is 9.53 Å². The van der Waals surface area contributed by atoms with Crippen LogP contribution in [0.2, 0.25) is 0 Å². The van der Waals surface area contributed by atoms with Crippen molar-refractivity contribution in [2.45, 2.75) is 36.2 Å². The molecule has 0 N–H and O–H groups in total. The first-order chi connectivity index (χ1) is 9.86. The average molecular weight is 372 g/mol. The number of hydrogen-bond acceptors (Lipinski definition) is 2. The smallest absolute Gasteiger partial charge is 0.395 e. The van der Waals surface area contributed by atoms with Crippen molar-refractivity contribution in [1.29, 1.82) is 0 Å². The van der Waals surface area contributed by atoms with Crippen LogP contribution in [0.3, 0.4) is 0 Å². The third-order valence-corrected chi connectivity index (χ3v) is 2.19. The second-order valence-electron chi connectivity index (χ2n) is 3.82. The molecular formula is C9H4F12O2. The second kappa shape index (κ2) is 5.78. The number of halogens is 12. The Hall–Kier alpha value is -1.63. The van der Waals surface area contributed by atoms with Gasteiger partial charge in [-0.05, 0) is 0 Å². The fourth-order valence-corrected chi connectivity index (χ4v) is 0.985. The molecule has 14 heteroatoms. The fraction of sp³-hybridized carbons (Fsp3) is 0.667. The van der Waals surface area contributed by atoms with Crippen molar-refractivity contribution in [3.8, 4) is 0 Å². The Kier molecular flexibility index (Phi) is 5.37. The Morgan fingerprint density at radius 2 is 1.26 bits per heavy atom. The topological polar surface area (TPSA) is 26.3 Å². The van der Waals surface area contributed by atoms with Crippen molar-refractivity contribution in [2.24, 2.45) is 0 Å². The lowest BCUT2D eigenvalue weighted by Gasteiger charge is -2.36. The first-order valence-electron chi connectivity index (χ1n) is 4.93. The predicted molar refractivity (Wildman–Crippen MR) is 47.0 cm³/mol. The lowest BCUT2D eigenvalue weighted by molar-refractivity contribution is -0.418. The Labute approximate surface area is 118 Å². The van der Waals surface area contributed by atoms with Gasteiger partial charge in [0, 0.05) is 6.08 Å². The second-order valence-corrected chi connectivity index (χ2v) is 3.82. The third-order valence-electron chi connectivity index (χ3n) is 2.19. The highest BCUT2D eigenvalue weighted by molar-refractivity contribution is 5.81. The summed E-state index contributed by atoms with van der Waals surface area (Å²) in [5, 5.41) is 0. The van der Waals surface area contributed by atoms with Gasteiger partial charge in [0.05, 0.1) is 0 Å². The zero-order valence-electron chi connectivity index (χ0n) is 10.2. The molecule has 0 saturated carbocycles. The Balaban J connectivity index is 5.86. The van der Waals surface area contributed by atoms with E-state index in [9.17, 15) is 57.5 Å². The highest BCUT2D eigenvalue weighted by Gasteiger charge is 2.85. The molecule has 0 heterocycles. The van der Waals surface area contributed by atoms with Crippen molar-refractivity contribution in [1.82, 2.24) is 0 Å². The van der Waals surface area contributed by atoms with Gasteiger partial charge >= 0.3 is 36.0 Å². The van der Waals surface area contributed by atoms with Crippen LogP contribution >= 0.6 is 0 Å². The number of ether oxygens (including phenoxy) is 1. The predicted octanol–water partition coefficient (Wildman–Crippen LogP) is 4.11. The normalized spacial score (nSPS) is 16.0. The summed E-state index contributed by atoms with van der Waals surface area (Å²) in [5.41, 5.74) is 0. The Morgan fingerprint density at radius 3 is 1.57 bits per heavy atom. The van der Waals surface area contributed by atoms with E-state index in [-0.39, 0.29) is 6.08 Å². The minimum atomic E-state index is -7.62. The van der Waals surface area contributed by atoms with Crippen LogP contribution in [-0.4, -0.2) is 42.2 Å². The molecule has 0 rings (SSSR count). The standard InChI is InChI=1S/C9H4F12O2/c1-2-3(22)23-6(13,14)4(10)5(11,12)7(15,16)8(17,18)9(19,20)21/h2,4H,1H2. The van der Waals surface area contributed by atoms with Gasteiger partial charge in [-0.3, -0.25) is 0 Å². The van der Waals surface area contributed by atoms with Crippen LogP contribution in [0, 0.1) is 0 Å². The van der Waals surface area contributed by atoms with Crippen molar-refractivity contribution >= 4 is 5.97 Å². The van der Waals surface area contributed by atoms with E-state index in [2.05, 4.69) is 11.3 Å². The van der Waals surface area contributed by atoms with E-state index in [0.717, 1.165) is 0 Å². The first kappa shape index (κ1) is 21.4. The summed E-state index contributed by atoms with van der Waals surface area (Å²) in [6, 6.07) is 0. The van der Waals surface area contributed by atoms with Gasteiger partial charge in [-0.1, -0.05) is 6.58 Å². The maximum Gasteiger partial charge on any atom is 0.460 e. The van der Waals surface area contributed by atoms with E-state index in [1.807, 2.05) is 0 Å². The SMILES string of the molecule is C=CC(=O)OC(F)(F)C(F)C(F)(F)C(F)(F)C(F)(F)C(F)(F)F. The van der Waals surface area contributed by atoms with Crippen molar-refractivity contribution in [3.05, 3.63) is 12.7 Å². The van der Waals surface area contributed by atoms with Crippen LogP contribution in [0.4, 0.5) is 52.7 Å². The monoisotopic (exact) mass is 372 g/mol. The molecule has 0 aliphatic carbocycles. The van der Waals surface area contributed by atoms with Gasteiger partial charge in [0.25, 0.3) is 6.17 Å². The van der Waals surface area contributed by atoms with Crippen LogP contribution in [0.25, 0.3) is 0 Å². The van der Waals surface area contributed by atoms with Gasteiger partial charge < -0.3 is 4.74 Å². The highest BCUT2D eigenvalue weighted by atomic mass is 19.4. The van der Waals surface area contributed by atoms with Crippen LogP contribution in [0.15, 0.2) is 12.7 Å². The lowest BCUT2D eigenvalue weighted by Crippen LogP contribution is -2.66.